The van der Waals surface area contributed by atoms with Crippen LogP contribution in [0.25, 0.3) is 0 Å². The summed E-state index contributed by atoms with van der Waals surface area (Å²) < 4.78 is 6.02. The number of hydrogen-bond donors (Lipinski definition) is 0. The van der Waals surface area contributed by atoms with Crippen LogP contribution in [0.1, 0.15) is 22.8 Å². The molecule has 0 aliphatic carbocycles. The van der Waals surface area contributed by atoms with Gasteiger partial charge in [0.05, 0.1) is 6.42 Å². The number of nitrogens with zero attached hydrogens (tertiary/aromatic N) is 2. The number of benzene rings is 2. The third kappa shape index (κ3) is 5.19. The summed E-state index contributed by atoms with van der Waals surface area (Å²) in [5, 5.41) is 0. The van der Waals surface area contributed by atoms with Gasteiger partial charge >= 0.3 is 5.97 Å². The normalized spacial score (nSPS) is 13.9. The van der Waals surface area contributed by atoms with Crippen molar-refractivity contribution in [1.82, 2.24) is 9.80 Å². The molecule has 0 unspecified atom stereocenters. The molecular weight excluding hydrogens is 424 g/mol. The van der Waals surface area contributed by atoms with E-state index >= 15 is 0 Å². The Hall–Kier alpha value is -2.67. The molecule has 1 aliphatic rings. The second-order valence-electron chi connectivity index (χ2n) is 6.60. The molecule has 2 aromatic rings. The molecule has 0 saturated carbocycles. The molecule has 7 heteroatoms. The van der Waals surface area contributed by atoms with Crippen molar-refractivity contribution in [1.29, 1.82) is 0 Å². The molecule has 1 fully saturated rings. The van der Waals surface area contributed by atoms with Gasteiger partial charge < -0.3 is 14.5 Å². The summed E-state index contributed by atoms with van der Waals surface area (Å²) in [6.07, 6.45) is 0.353. The number of halogens is 1. The lowest BCUT2D eigenvalue weighted by atomic mass is 10.1. The van der Waals surface area contributed by atoms with Gasteiger partial charge in [-0.25, -0.2) is 0 Å². The van der Waals surface area contributed by atoms with Gasteiger partial charge in [-0.1, -0.05) is 34.1 Å². The Kier molecular flexibility index (Phi) is 6.46. The summed E-state index contributed by atoms with van der Waals surface area (Å²) in [5.74, 6) is -0.149. The summed E-state index contributed by atoms with van der Waals surface area (Å²) >= 11 is 3.39. The van der Waals surface area contributed by atoms with Gasteiger partial charge in [-0.3, -0.25) is 14.4 Å². The third-order valence-corrected chi connectivity index (χ3v) is 5.06. The van der Waals surface area contributed by atoms with Crippen molar-refractivity contribution in [2.24, 2.45) is 0 Å². The van der Waals surface area contributed by atoms with E-state index in [1.54, 1.807) is 34.1 Å². The maximum Gasteiger partial charge on any atom is 0.308 e. The molecule has 0 aromatic heterocycles. The van der Waals surface area contributed by atoms with Crippen molar-refractivity contribution < 1.29 is 19.1 Å². The van der Waals surface area contributed by atoms with Crippen molar-refractivity contribution >= 4 is 33.7 Å². The quantitative estimate of drug-likeness (QED) is 0.536. The number of hydrogen-bond acceptors (Lipinski definition) is 4. The Morgan fingerprint density at radius 2 is 1.61 bits per heavy atom. The molecule has 146 valence electrons. The zero-order valence-electron chi connectivity index (χ0n) is 15.6. The number of amides is 2. The van der Waals surface area contributed by atoms with Gasteiger partial charge in [0, 0.05) is 43.1 Å². The van der Waals surface area contributed by atoms with Crippen LogP contribution in [-0.2, 0) is 16.0 Å². The van der Waals surface area contributed by atoms with E-state index < -0.39 is 5.97 Å². The second kappa shape index (κ2) is 9.01. The first kappa shape index (κ1) is 20.1. The Morgan fingerprint density at radius 1 is 0.964 bits per heavy atom. The minimum absolute atomic E-state index is 0.0614. The highest BCUT2D eigenvalue weighted by atomic mass is 79.9. The number of rotatable bonds is 4. The standard InChI is InChI=1S/C21H21BrN2O4/c1-15(25)28-19-4-2-3-17(14-19)21(27)24-11-9-23(10-12-24)20(26)13-16-5-7-18(22)8-6-16/h2-8,14H,9-13H2,1H3. The van der Waals surface area contributed by atoms with Crippen molar-refractivity contribution in [3.8, 4) is 5.75 Å². The smallest absolute Gasteiger partial charge is 0.308 e. The Bertz CT molecular complexity index is 874. The lowest BCUT2D eigenvalue weighted by molar-refractivity contribution is -0.132. The molecule has 3 rings (SSSR count). The topological polar surface area (TPSA) is 66.9 Å². The largest absolute Gasteiger partial charge is 0.427 e. The van der Waals surface area contributed by atoms with Crippen molar-refractivity contribution in [2.75, 3.05) is 26.2 Å². The zero-order valence-corrected chi connectivity index (χ0v) is 17.1. The van der Waals surface area contributed by atoms with E-state index in [0.717, 1.165) is 10.0 Å². The van der Waals surface area contributed by atoms with Crippen LogP contribution < -0.4 is 4.74 Å². The fourth-order valence-corrected chi connectivity index (χ4v) is 3.35. The highest BCUT2D eigenvalue weighted by Crippen LogP contribution is 2.17. The van der Waals surface area contributed by atoms with Gasteiger partial charge in [-0.05, 0) is 35.9 Å². The molecule has 2 aromatic carbocycles. The number of ether oxygens (including phenoxy) is 1. The van der Waals surface area contributed by atoms with Crippen LogP contribution >= 0.6 is 15.9 Å². The second-order valence-corrected chi connectivity index (χ2v) is 7.51. The molecule has 1 heterocycles. The van der Waals surface area contributed by atoms with Gasteiger partial charge in [-0.15, -0.1) is 0 Å². The molecule has 6 nitrogen and oxygen atoms in total. The highest BCUT2D eigenvalue weighted by Gasteiger charge is 2.25. The molecule has 28 heavy (non-hydrogen) atoms. The summed E-state index contributed by atoms with van der Waals surface area (Å²) in [5.41, 5.74) is 1.43. The van der Waals surface area contributed by atoms with Gasteiger partial charge in [-0.2, -0.15) is 0 Å². The number of piperazine rings is 1. The number of carbonyl (C=O) groups excluding carboxylic acids is 3. The Labute approximate surface area is 172 Å². The monoisotopic (exact) mass is 444 g/mol. The first-order valence-electron chi connectivity index (χ1n) is 9.02. The molecule has 1 aliphatic heterocycles. The van der Waals surface area contributed by atoms with Crippen LogP contribution in [0.5, 0.6) is 5.75 Å². The molecule has 0 spiro atoms. The lowest BCUT2D eigenvalue weighted by Gasteiger charge is -2.35. The first-order valence-corrected chi connectivity index (χ1v) is 9.81. The molecular formula is C21H21BrN2O4. The summed E-state index contributed by atoms with van der Waals surface area (Å²) in [6, 6.07) is 14.3. The number of esters is 1. The molecule has 0 atom stereocenters. The van der Waals surface area contributed by atoms with Crippen LogP contribution in [0.2, 0.25) is 0 Å². The minimum atomic E-state index is -0.428. The average Bonchev–Trinajstić information content (AvgIpc) is 2.69. The summed E-state index contributed by atoms with van der Waals surface area (Å²) in [7, 11) is 0. The molecule has 1 saturated heterocycles. The zero-order chi connectivity index (χ0) is 20.1. The van der Waals surface area contributed by atoms with Crippen LogP contribution in [0.15, 0.2) is 53.0 Å². The Balaban J connectivity index is 1.55. The van der Waals surface area contributed by atoms with Gasteiger partial charge in [0.2, 0.25) is 5.91 Å². The SMILES string of the molecule is CC(=O)Oc1cccc(C(=O)N2CCN(C(=O)Cc3ccc(Br)cc3)CC2)c1. The molecule has 2 amide bonds. The molecule has 0 N–H and O–H groups in total. The van der Waals surface area contributed by atoms with Crippen LogP contribution in [0.4, 0.5) is 0 Å². The molecule has 0 radical (unpaired) electrons. The van der Waals surface area contributed by atoms with E-state index in [1.165, 1.54) is 6.92 Å². The van der Waals surface area contributed by atoms with E-state index in [0.29, 0.717) is 43.9 Å². The predicted molar refractivity (Wildman–Crippen MR) is 108 cm³/mol. The van der Waals surface area contributed by atoms with Gasteiger partial charge in [0.15, 0.2) is 0 Å². The van der Waals surface area contributed by atoms with Crippen LogP contribution in [0.3, 0.4) is 0 Å². The van der Waals surface area contributed by atoms with Crippen molar-refractivity contribution in [3.05, 3.63) is 64.1 Å². The van der Waals surface area contributed by atoms with E-state index in [-0.39, 0.29) is 11.8 Å². The van der Waals surface area contributed by atoms with Gasteiger partial charge in [0.25, 0.3) is 5.91 Å². The van der Waals surface area contributed by atoms with Crippen molar-refractivity contribution in [2.45, 2.75) is 13.3 Å². The maximum absolute atomic E-state index is 12.7. The number of carbonyl (C=O) groups is 3. The van der Waals surface area contributed by atoms with Crippen LogP contribution in [-0.4, -0.2) is 53.8 Å². The van der Waals surface area contributed by atoms with Crippen molar-refractivity contribution in [3.63, 3.8) is 0 Å². The summed E-state index contributed by atoms with van der Waals surface area (Å²) in [6.45, 7) is 3.28. The first-order chi connectivity index (χ1) is 13.4. The van der Waals surface area contributed by atoms with E-state index in [4.69, 9.17) is 4.74 Å². The predicted octanol–water partition coefficient (Wildman–Crippen LogP) is 2.90. The van der Waals surface area contributed by atoms with E-state index in [2.05, 4.69) is 15.9 Å². The Morgan fingerprint density at radius 3 is 2.25 bits per heavy atom. The van der Waals surface area contributed by atoms with E-state index in [9.17, 15) is 14.4 Å². The maximum atomic E-state index is 12.7. The van der Waals surface area contributed by atoms with E-state index in [1.807, 2.05) is 24.3 Å². The highest BCUT2D eigenvalue weighted by molar-refractivity contribution is 9.10. The van der Waals surface area contributed by atoms with Crippen LogP contribution in [0, 0.1) is 0 Å². The average molecular weight is 445 g/mol. The lowest BCUT2D eigenvalue weighted by Crippen LogP contribution is -2.51. The minimum Gasteiger partial charge on any atom is -0.427 e. The fraction of sp³-hybridized carbons (Fsp3) is 0.286. The fourth-order valence-electron chi connectivity index (χ4n) is 3.09. The third-order valence-electron chi connectivity index (χ3n) is 4.53. The molecule has 0 bridgehead atoms. The summed E-state index contributed by atoms with van der Waals surface area (Å²) in [4.78, 5) is 39.8. The van der Waals surface area contributed by atoms with Gasteiger partial charge in [0.1, 0.15) is 5.75 Å².